The summed E-state index contributed by atoms with van der Waals surface area (Å²) in [5, 5.41) is 36.0. The number of rotatable bonds is 12. The fraction of sp³-hybridized carbons (Fsp3) is 0.600. The molecule has 57 heavy (non-hydrogen) atoms. The van der Waals surface area contributed by atoms with E-state index in [1.54, 1.807) is 12.1 Å². The number of nitrogens with zero attached hydrogens (tertiary/aromatic N) is 6. The number of fused-ring (bicyclic) bond motifs is 2. The molecule has 0 amide bonds. The van der Waals surface area contributed by atoms with Crippen molar-refractivity contribution in [2.75, 3.05) is 0 Å². The molecular weight excluding hydrogens is 739 g/mol. The van der Waals surface area contributed by atoms with Crippen LogP contribution in [0.3, 0.4) is 0 Å². The molecule has 3 aromatic carbocycles. The van der Waals surface area contributed by atoms with Crippen LogP contribution in [0.4, 0.5) is 26.3 Å². The van der Waals surface area contributed by atoms with Crippen LogP contribution in [0.25, 0.3) is 0 Å². The molecule has 0 heterocycles. The third-order valence-electron chi connectivity index (χ3n) is 10.8. The molecular formula is C45H62F6N6. The molecule has 0 N–H and O–H groups in total. The van der Waals surface area contributed by atoms with Crippen LogP contribution in [0.15, 0.2) is 24.3 Å². The largest absolute Gasteiger partial charge is 0.203 e. The molecule has 6 nitrogen and oxygen atoms in total. The second-order valence-corrected chi connectivity index (χ2v) is 14.8. The van der Waals surface area contributed by atoms with Crippen LogP contribution in [0.5, 0.6) is 0 Å². The van der Waals surface area contributed by atoms with E-state index in [1.165, 1.54) is 0 Å². The Hall–Kier alpha value is -4.50. The van der Waals surface area contributed by atoms with Gasteiger partial charge < -0.3 is 0 Å². The number of hydrogen-bond donors (Lipinski definition) is 0. The molecule has 3 atom stereocenters. The summed E-state index contributed by atoms with van der Waals surface area (Å²) in [5.74, 6) is -2.48. The van der Waals surface area contributed by atoms with Crippen molar-refractivity contribution < 1.29 is 26.3 Å². The van der Waals surface area contributed by atoms with Crippen molar-refractivity contribution in [3.05, 3.63) is 104 Å². The zero-order valence-electron chi connectivity index (χ0n) is 35.0. The zero-order chi connectivity index (χ0) is 43.7. The van der Waals surface area contributed by atoms with E-state index < -0.39 is 34.9 Å². The zero-order valence-corrected chi connectivity index (χ0v) is 35.0. The molecule has 12 heteroatoms. The molecule has 5 rings (SSSR count). The first kappa shape index (κ1) is 52.5. The van der Waals surface area contributed by atoms with E-state index in [-0.39, 0.29) is 5.92 Å². The first-order valence-corrected chi connectivity index (χ1v) is 20.5. The predicted octanol–water partition coefficient (Wildman–Crippen LogP) is 14.2. The Morgan fingerprint density at radius 2 is 0.895 bits per heavy atom. The van der Waals surface area contributed by atoms with Crippen LogP contribution < -0.4 is 0 Å². The van der Waals surface area contributed by atoms with Crippen molar-refractivity contribution in [3.8, 4) is 0 Å². The van der Waals surface area contributed by atoms with E-state index >= 15 is 0 Å². The highest BCUT2D eigenvalue weighted by Crippen LogP contribution is 2.41. The molecule has 0 saturated carbocycles. The Morgan fingerprint density at radius 3 is 1.35 bits per heavy atom. The smallest absolute Gasteiger partial charge is 0.162 e. The maximum Gasteiger partial charge on any atom is 0.162 e. The fourth-order valence-corrected chi connectivity index (χ4v) is 8.12. The van der Waals surface area contributed by atoms with Gasteiger partial charge in [-0.3, -0.25) is 0 Å². The molecule has 0 radical (unpaired) electrons. The van der Waals surface area contributed by atoms with Gasteiger partial charge in [-0.25, -0.2) is 26.3 Å². The Morgan fingerprint density at radius 1 is 0.491 bits per heavy atom. The van der Waals surface area contributed by atoms with Gasteiger partial charge in [-0.15, -0.1) is 0 Å². The third kappa shape index (κ3) is 14.7. The highest BCUT2D eigenvalue weighted by atomic mass is 19.2. The quantitative estimate of drug-likeness (QED) is 0.132. The Bertz CT molecular complexity index is 1660. The number of hydrogen-bond acceptors (Lipinski definition) is 6. The minimum atomic E-state index is -0.655. The summed E-state index contributed by atoms with van der Waals surface area (Å²) in [4.78, 5) is 0. The molecule has 0 bridgehead atoms. The molecule has 3 aromatic rings. The van der Waals surface area contributed by atoms with E-state index in [4.69, 9.17) is 32.4 Å². The standard InChI is InChI=1S/C17H24F2.C16H22F2.C12H16F2.3N2/c1-4-6-12-8-9-13-10-14(7-5-2)16(18)17(19)15(13)11(12)3;1-3-5-11-7-8-12-10-13(6-4-2)15(17)16(18)14(12)9-11;1-3-5-9-7-8-10(6-4-2)12(14)11(9)13;3*1-2/h10-12H,4-9H2,1-3H3;10-11H,3-9H2,1-2H3;7-8H,3-6H2,1-2H3;;;. The first-order valence-electron chi connectivity index (χ1n) is 20.5. The van der Waals surface area contributed by atoms with Gasteiger partial charge in [0.1, 0.15) is 0 Å². The maximum absolute atomic E-state index is 14.4. The summed E-state index contributed by atoms with van der Waals surface area (Å²) in [5.41, 5.74) is 5.49. The van der Waals surface area contributed by atoms with E-state index in [1.807, 2.05) is 39.8 Å². The van der Waals surface area contributed by atoms with Gasteiger partial charge in [0, 0.05) is 32.4 Å². The van der Waals surface area contributed by atoms with Crippen LogP contribution >= 0.6 is 0 Å². The topological polar surface area (TPSA) is 143 Å². The van der Waals surface area contributed by atoms with Crippen molar-refractivity contribution in [2.45, 2.75) is 164 Å². The Balaban J connectivity index is 0.000000780. The highest BCUT2D eigenvalue weighted by Gasteiger charge is 2.31. The molecule has 0 fully saturated rings. The van der Waals surface area contributed by atoms with Crippen LogP contribution in [-0.4, -0.2) is 0 Å². The fourth-order valence-electron chi connectivity index (χ4n) is 8.12. The summed E-state index contributed by atoms with van der Waals surface area (Å²) >= 11 is 0. The van der Waals surface area contributed by atoms with E-state index in [2.05, 4.69) is 20.8 Å². The summed E-state index contributed by atoms with van der Waals surface area (Å²) < 4.78 is 83.3. The average Bonchev–Trinajstić information content (AvgIpc) is 3.23. The number of aryl methyl sites for hydroxylation is 6. The van der Waals surface area contributed by atoms with Crippen molar-refractivity contribution in [1.82, 2.24) is 0 Å². The molecule has 314 valence electrons. The van der Waals surface area contributed by atoms with Gasteiger partial charge in [-0.2, -0.15) is 0 Å². The summed E-state index contributed by atoms with van der Waals surface area (Å²) in [6.07, 6.45) is 15.1. The minimum absolute atomic E-state index is 0.147. The second kappa shape index (κ2) is 28.8. The van der Waals surface area contributed by atoms with Gasteiger partial charge in [-0.1, -0.05) is 124 Å². The van der Waals surface area contributed by atoms with Gasteiger partial charge in [0.05, 0.1) is 0 Å². The van der Waals surface area contributed by atoms with Crippen LogP contribution in [0.1, 0.15) is 163 Å². The van der Waals surface area contributed by atoms with Crippen LogP contribution in [-0.2, 0) is 44.9 Å². The van der Waals surface area contributed by atoms with Crippen molar-refractivity contribution in [1.29, 1.82) is 32.4 Å². The van der Waals surface area contributed by atoms with Gasteiger partial charge >= 0.3 is 0 Å². The first-order chi connectivity index (χ1) is 27.5. The van der Waals surface area contributed by atoms with Gasteiger partial charge in [-0.05, 0) is 120 Å². The average molecular weight is 801 g/mol. The van der Waals surface area contributed by atoms with E-state index in [9.17, 15) is 26.3 Å². The van der Waals surface area contributed by atoms with E-state index in [0.717, 1.165) is 94.6 Å². The lowest BCUT2D eigenvalue weighted by Gasteiger charge is -2.32. The minimum Gasteiger partial charge on any atom is -0.203 e. The summed E-state index contributed by atoms with van der Waals surface area (Å²) in [7, 11) is 0. The lowest BCUT2D eigenvalue weighted by molar-refractivity contribution is 0.346. The SMILES string of the molecule is CCCc1cc2c(c(F)c1F)C(C)C(CCC)CC2.CCCc1cc2c(c(F)c1F)CC(CCC)CC2.CCCc1ccc(CCC)c(F)c1F.N#N.N#N.N#N. The molecule has 0 aliphatic heterocycles. The number of halogens is 6. The van der Waals surface area contributed by atoms with Gasteiger partial charge in [0.2, 0.25) is 0 Å². The maximum atomic E-state index is 14.4. The van der Waals surface area contributed by atoms with Gasteiger partial charge in [0.25, 0.3) is 0 Å². The molecule has 2 aliphatic carbocycles. The Kier molecular flexibility index (Phi) is 26.6. The predicted molar refractivity (Wildman–Crippen MR) is 211 cm³/mol. The van der Waals surface area contributed by atoms with Crippen molar-refractivity contribution >= 4 is 0 Å². The highest BCUT2D eigenvalue weighted by molar-refractivity contribution is 5.40. The molecule has 0 spiro atoms. The molecule has 2 aliphatic rings. The normalized spacial score (nSPS) is 16.1. The number of benzene rings is 3. The van der Waals surface area contributed by atoms with Gasteiger partial charge in [0.15, 0.2) is 34.9 Å². The molecule has 3 unspecified atom stereocenters. The Labute approximate surface area is 337 Å². The monoisotopic (exact) mass is 800 g/mol. The molecule has 0 saturated heterocycles. The van der Waals surface area contributed by atoms with Crippen molar-refractivity contribution in [2.24, 2.45) is 11.8 Å². The van der Waals surface area contributed by atoms with Crippen LogP contribution in [0.2, 0.25) is 0 Å². The summed E-state index contributed by atoms with van der Waals surface area (Å²) in [6, 6.07) is 7.22. The second-order valence-electron chi connectivity index (χ2n) is 14.8. The van der Waals surface area contributed by atoms with Crippen molar-refractivity contribution in [3.63, 3.8) is 0 Å². The molecule has 0 aromatic heterocycles. The summed E-state index contributed by atoms with van der Waals surface area (Å²) in [6.45, 7) is 14.3. The van der Waals surface area contributed by atoms with E-state index in [0.29, 0.717) is 70.9 Å². The third-order valence-corrected chi connectivity index (χ3v) is 10.8. The lowest BCUT2D eigenvalue weighted by Crippen LogP contribution is -2.21. The lowest BCUT2D eigenvalue weighted by atomic mass is 9.73. The van der Waals surface area contributed by atoms with Crippen LogP contribution in [0, 0.1) is 79.1 Å².